The Bertz CT molecular complexity index is 493. The first-order chi connectivity index (χ1) is 11.3. The first-order valence-corrected chi connectivity index (χ1v) is 9.01. The predicted octanol–water partition coefficient (Wildman–Crippen LogP) is 2.01. The number of hydrogen-bond donors (Lipinski definition) is 2. The summed E-state index contributed by atoms with van der Waals surface area (Å²) in [5.41, 5.74) is 0.998. The van der Waals surface area contributed by atoms with Crippen LogP contribution in [-0.2, 0) is 6.54 Å². The van der Waals surface area contributed by atoms with Crippen LogP contribution < -0.4 is 10.6 Å². The molecule has 0 unspecified atom stereocenters. The van der Waals surface area contributed by atoms with E-state index in [1.807, 2.05) is 24.4 Å². The van der Waals surface area contributed by atoms with E-state index in [2.05, 4.69) is 32.4 Å². The molecule has 0 aliphatic heterocycles. The summed E-state index contributed by atoms with van der Waals surface area (Å²) in [5.74, 6) is 1.86. The summed E-state index contributed by atoms with van der Waals surface area (Å²) in [6, 6.07) is 6.80. The zero-order valence-corrected chi connectivity index (χ0v) is 14.2. The SMILES string of the molecule is CCNC(=NCc1ccccn1)NCCN(CC1CC1)C1CC1. The highest BCUT2D eigenvalue weighted by atomic mass is 15.2. The van der Waals surface area contributed by atoms with Gasteiger partial charge in [0.25, 0.3) is 0 Å². The zero-order chi connectivity index (χ0) is 15.9. The van der Waals surface area contributed by atoms with Gasteiger partial charge in [-0.2, -0.15) is 0 Å². The van der Waals surface area contributed by atoms with Crippen molar-refractivity contribution in [1.29, 1.82) is 0 Å². The molecule has 2 aliphatic carbocycles. The Balaban J connectivity index is 1.44. The smallest absolute Gasteiger partial charge is 0.191 e. The van der Waals surface area contributed by atoms with Crippen LogP contribution in [0.2, 0.25) is 0 Å². The molecule has 0 bridgehead atoms. The minimum Gasteiger partial charge on any atom is -0.357 e. The molecule has 0 aromatic carbocycles. The van der Waals surface area contributed by atoms with Gasteiger partial charge in [-0.1, -0.05) is 6.07 Å². The Labute approximate surface area is 139 Å². The molecule has 1 aromatic rings. The van der Waals surface area contributed by atoms with E-state index in [-0.39, 0.29) is 0 Å². The molecular formula is C18H29N5. The van der Waals surface area contributed by atoms with Gasteiger partial charge in [0.15, 0.2) is 5.96 Å². The highest BCUT2D eigenvalue weighted by Crippen LogP contribution is 2.34. The van der Waals surface area contributed by atoms with Gasteiger partial charge >= 0.3 is 0 Å². The second-order valence-electron chi connectivity index (χ2n) is 6.61. The van der Waals surface area contributed by atoms with Crippen molar-refractivity contribution in [3.63, 3.8) is 0 Å². The van der Waals surface area contributed by atoms with Gasteiger partial charge in [0, 0.05) is 38.4 Å². The van der Waals surface area contributed by atoms with Crippen molar-refractivity contribution in [3.8, 4) is 0 Å². The minimum absolute atomic E-state index is 0.616. The molecule has 0 atom stereocenters. The summed E-state index contributed by atoms with van der Waals surface area (Å²) in [4.78, 5) is 11.6. The van der Waals surface area contributed by atoms with Gasteiger partial charge in [-0.05, 0) is 50.7 Å². The summed E-state index contributed by atoms with van der Waals surface area (Å²) in [5, 5.41) is 6.78. The van der Waals surface area contributed by atoms with Crippen LogP contribution >= 0.6 is 0 Å². The van der Waals surface area contributed by atoms with Gasteiger partial charge in [0.05, 0.1) is 12.2 Å². The molecule has 0 saturated heterocycles. The topological polar surface area (TPSA) is 52.6 Å². The summed E-state index contributed by atoms with van der Waals surface area (Å²) in [7, 11) is 0. The largest absolute Gasteiger partial charge is 0.357 e. The lowest BCUT2D eigenvalue weighted by Crippen LogP contribution is -2.42. The minimum atomic E-state index is 0.616. The van der Waals surface area contributed by atoms with Crippen LogP contribution in [0, 0.1) is 5.92 Å². The lowest BCUT2D eigenvalue weighted by Gasteiger charge is -2.22. The molecule has 0 amide bonds. The normalized spacial score (nSPS) is 18.3. The molecule has 5 heteroatoms. The molecule has 2 aliphatic rings. The summed E-state index contributed by atoms with van der Waals surface area (Å²) >= 11 is 0. The fraction of sp³-hybridized carbons (Fsp3) is 0.667. The summed E-state index contributed by atoms with van der Waals surface area (Å²) in [6.45, 7) is 6.97. The predicted molar refractivity (Wildman–Crippen MR) is 94.4 cm³/mol. The van der Waals surface area contributed by atoms with Gasteiger partial charge in [-0.3, -0.25) is 9.88 Å². The van der Waals surface area contributed by atoms with Gasteiger partial charge < -0.3 is 10.6 Å². The van der Waals surface area contributed by atoms with E-state index in [1.165, 1.54) is 32.2 Å². The van der Waals surface area contributed by atoms with Crippen molar-refractivity contribution in [3.05, 3.63) is 30.1 Å². The van der Waals surface area contributed by atoms with Gasteiger partial charge in [-0.25, -0.2) is 4.99 Å². The monoisotopic (exact) mass is 315 g/mol. The fourth-order valence-corrected chi connectivity index (χ4v) is 2.81. The van der Waals surface area contributed by atoms with Crippen LogP contribution in [0.3, 0.4) is 0 Å². The van der Waals surface area contributed by atoms with Crippen LogP contribution in [0.25, 0.3) is 0 Å². The standard InChI is InChI=1S/C18H29N5/c1-2-19-18(22-13-16-5-3-4-10-20-16)21-11-12-23(17-8-9-17)14-15-6-7-15/h3-5,10,15,17H,2,6-9,11-14H2,1H3,(H2,19,21,22). The average molecular weight is 315 g/mol. The fourth-order valence-electron chi connectivity index (χ4n) is 2.81. The number of hydrogen-bond acceptors (Lipinski definition) is 3. The zero-order valence-electron chi connectivity index (χ0n) is 14.2. The number of aliphatic imine (C=N–C) groups is 1. The Hall–Kier alpha value is -1.62. The number of rotatable bonds is 9. The summed E-state index contributed by atoms with van der Waals surface area (Å²) in [6.07, 6.45) is 7.47. The van der Waals surface area contributed by atoms with Crippen LogP contribution in [0.5, 0.6) is 0 Å². The van der Waals surface area contributed by atoms with Crippen molar-refractivity contribution in [2.75, 3.05) is 26.2 Å². The average Bonchev–Trinajstić information content (AvgIpc) is 3.46. The quantitative estimate of drug-likeness (QED) is 0.541. The summed E-state index contributed by atoms with van der Waals surface area (Å²) < 4.78 is 0. The number of nitrogens with zero attached hydrogens (tertiary/aromatic N) is 3. The van der Waals surface area contributed by atoms with E-state index < -0.39 is 0 Å². The molecule has 1 heterocycles. The van der Waals surface area contributed by atoms with E-state index >= 15 is 0 Å². The van der Waals surface area contributed by atoms with Crippen molar-refractivity contribution in [2.45, 2.75) is 45.2 Å². The number of pyridine rings is 1. The second-order valence-corrected chi connectivity index (χ2v) is 6.61. The van der Waals surface area contributed by atoms with Crippen molar-refractivity contribution in [2.24, 2.45) is 10.9 Å². The Morgan fingerprint density at radius 3 is 2.78 bits per heavy atom. The third kappa shape index (κ3) is 5.82. The number of guanidine groups is 1. The van der Waals surface area contributed by atoms with E-state index in [0.29, 0.717) is 6.54 Å². The van der Waals surface area contributed by atoms with E-state index in [0.717, 1.165) is 43.2 Å². The molecule has 2 N–H and O–H groups in total. The lowest BCUT2D eigenvalue weighted by molar-refractivity contribution is 0.256. The third-order valence-corrected chi connectivity index (χ3v) is 4.41. The highest BCUT2D eigenvalue weighted by molar-refractivity contribution is 5.79. The molecular weight excluding hydrogens is 286 g/mol. The second kappa shape index (κ2) is 8.29. The molecule has 2 saturated carbocycles. The van der Waals surface area contributed by atoms with Crippen molar-refractivity contribution in [1.82, 2.24) is 20.5 Å². The molecule has 0 spiro atoms. The third-order valence-electron chi connectivity index (χ3n) is 4.41. The maximum atomic E-state index is 4.63. The molecule has 23 heavy (non-hydrogen) atoms. The van der Waals surface area contributed by atoms with E-state index in [4.69, 9.17) is 0 Å². The van der Waals surface area contributed by atoms with Crippen LogP contribution in [0.1, 0.15) is 38.3 Å². The lowest BCUT2D eigenvalue weighted by atomic mass is 10.3. The van der Waals surface area contributed by atoms with Crippen LogP contribution in [-0.4, -0.2) is 48.1 Å². The Morgan fingerprint density at radius 2 is 2.13 bits per heavy atom. The van der Waals surface area contributed by atoms with Gasteiger partial charge in [0.1, 0.15) is 0 Å². The Morgan fingerprint density at radius 1 is 1.26 bits per heavy atom. The maximum Gasteiger partial charge on any atom is 0.191 e. The molecule has 0 radical (unpaired) electrons. The van der Waals surface area contributed by atoms with Crippen LogP contribution in [0.4, 0.5) is 0 Å². The number of aromatic nitrogens is 1. The first-order valence-electron chi connectivity index (χ1n) is 9.01. The first kappa shape index (κ1) is 16.2. The van der Waals surface area contributed by atoms with Gasteiger partial charge in [-0.15, -0.1) is 0 Å². The molecule has 3 rings (SSSR count). The molecule has 5 nitrogen and oxygen atoms in total. The molecule has 126 valence electrons. The number of nitrogens with one attached hydrogen (secondary N) is 2. The Kier molecular flexibility index (Phi) is 5.86. The van der Waals surface area contributed by atoms with Crippen LogP contribution in [0.15, 0.2) is 29.4 Å². The molecule has 2 fully saturated rings. The highest BCUT2D eigenvalue weighted by Gasteiger charge is 2.33. The van der Waals surface area contributed by atoms with Gasteiger partial charge in [0.2, 0.25) is 0 Å². The molecule has 1 aromatic heterocycles. The van der Waals surface area contributed by atoms with E-state index in [1.54, 1.807) is 0 Å². The van der Waals surface area contributed by atoms with Crippen molar-refractivity contribution < 1.29 is 0 Å². The maximum absolute atomic E-state index is 4.63. The van der Waals surface area contributed by atoms with Crippen molar-refractivity contribution >= 4 is 5.96 Å². The van der Waals surface area contributed by atoms with E-state index in [9.17, 15) is 0 Å².